The van der Waals surface area contributed by atoms with Gasteiger partial charge in [-0.05, 0) is 12.1 Å². The van der Waals surface area contributed by atoms with Crippen molar-refractivity contribution in [1.29, 1.82) is 0 Å². The second-order valence-electron chi connectivity index (χ2n) is 8.22. The number of nitrogens with two attached hydrogens (primary N) is 1. The Kier molecular flexibility index (Phi) is 6.88. The van der Waals surface area contributed by atoms with E-state index in [0.29, 0.717) is 21.7 Å². The molecule has 1 saturated heterocycles. The molecule has 0 unspecified atom stereocenters. The number of nitrogen functional groups attached to an aromatic ring is 1. The highest BCUT2D eigenvalue weighted by Crippen LogP contribution is 2.34. The number of aliphatic hydroxyl groups excluding tert-OH is 2. The summed E-state index contributed by atoms with van der Waals surface area (Å²) in [6, 6.07) is 4.60. The molecule has 2 aliphatic rings. The maximum Gasteiger partial charge on any atom is 0.342 e. The van der Waals surface area contributed by atoms with E-state index in [1.807, 2.05) is 0 Å². The molecule has 4 heterocycles. The van der Waals surface area contributed by atoms with Gasteiger partial charge in [-0.1, -0.05) is 29.3 Å². The minimum Gasteiger partial charge on any atom is -0.484 e. The van der Waals surface area contributed by atoms with Gasteiger partial charge in [0.25, 0.3) is 5.91 Å². The molecule has 5 rings (SSSR count). The van der Waals surface area contributed by atoms with Crippen molar-refractivity contribution in [2.45, 2.75) is 24.5 Å². The molecule has 2 aromatic heterocycles. The number of aliphatic hydroxyl groups is 2. The maximum absolute atomic E-state index is 12.4. The monoisotopic (exact) mass is 550 g/mol. The fourth-order valence-electron chi connectivity index (χ4n) is 4.06. The van der Waals surface area contributed by atoms with Crippen LogP contribution in [0.15, 0.2) is 36.6 Å². The number of cyclic esters (lactones) is 1. The Morgan fingerprint density at radius 1 is 1.24 bits per heavy atom. The molecule has 5 N–H and O–H groups in total. The SMILES string of the molecule is Nc1ncnc2c1ncn2[C@@H]1O[C@H](CNC(=O)COC2=C(c3ccc(Cl)cc3Cl)C(=O)OC2)[C@@H](O)[C@H]1O. The van der Waals surface area contributed by atoms with Crippen LogP contribution < -0.4 is 11.1 Å². The van der Waals surface area contributed by atoms with Crippen LogP contribution in [0, 0.1) is 0 Å². The lowest BCUT2D eigenvalue weighted by molar-refractivity contribution is -0.134. The third-order valence-corrected chi connectivity index (χ3v) is 6.44. The number of hydrogen-bond donors (Lipinski definition) is 4. The fourth-order valence-corrected chi connectivity index (χ4v) is 4.56. The standard InChI is InChI=1S/C22H20Cl2N6O7/c23-9-1-2-10(11(24)3-9)15-13(5-36-22(15)34)35-6-14(31)26-4-12-17(32)18(33)21(37-12)30-8-29-16-19(25)27-7-28-20(16)30/h1-3,7-8,12,17-18,21,32-33H,4-6H2,(H,26,31)(H2,25,27,28)/t12-,17-,18-,21-/m1/s1. The Morgan fingerprint density at radius 3 is 2.84 bits per heavy atom. The summed E-state index contributed by atoms with van der Waals surface area (Å²) in [4.78, 5) is 36.7. The van der Waals surface area contributed by atoms with Crippen LogP contribution in [0.1, 0.15) is 11.8 Å². The molecule has 3 aromatic rings. The van der Waals surface area contributed by atoms with Gasteiger partial charge in [0.15, 0.2) is 24.3 Å². The number of nitrogens with one attached hydrogen (secondary N) is 1. The third kappa shape index (κ3) is 4.79. The van der Waals surface area contributed by atoms with Gasteiger partial charge in [0.2, 0.25) is 0 Å². The lowest BCUT2D eigenvalue weighted by Crippen LogP contribution is -2.40. The minimum absolute atomic E-state index is 0.104. The molecule has 1 fully saturated rings. The summed E-state index contributed by atoms with van der Waals surface area (Å²) in [5.41, 5.74) is 6.91. The molecule has 1 aromatic carbocycles. The normalized spacial score (nSPS) is 23.5. The van der Waals surface area contributed by atoms with Crippen LogP contribution in [0.5, 0.6) is 0 Å². The van der Waals surface area contributed by atoms with E-state index < -0.39 is 43.0 Å². The average Bonchev–Trinajstić information content (AvgIpc) is 3.54. The number of ether oxygens (including phenoxy) is 3. The number of carbonyl (C=O) groups is 2. The van der Waals surface area contributed by atoms with E-state index in [1.54, 1.807) is 12.1 Å². The Labute approximate surface area is 218 Å². The number of amides is 1. The van der Waals surface area contributed by atoms with E-state index in [4.69, 9.17) is 43.1 Å². The number of hydrogen-bond acceptors (Lipinski definition) is 11. The fraction of sp³-hybridized carbons (Fsp3) is 0.318. The average molecular weight is 551 g/mol. The van der Waals surface area contributed by atoms with Crippen LogP contribution in [0.3, 0.4) is 0 Å². The van der Waals surface area contributed by atoms with Gasteiger partial charge in [-0.3, -0.25) is 9.36 Å². The molecular formula is C22H20Cl2N6O7. The van der Waals surface area contributed by atoms with Gasteiger partial charge in [0, 0.05) is 17.1 Å². The summed E-state index contributed by atoms with van der Waals surface area (Å²) >= 11 is 12.1. The predicted octanol–water partition coefficient (Wildman–Crippen LogP) is 0.435. The van der Waals surface area contributed by atoms with E-state index in [0.717, 1.165) is 0 Å². The molecule has 15 heteroatoms. The second-order valence-corrected chi connectivity index (χ2v) is 9.06. The van der Waals surface area contributed by atoms with Gasteiger partial charge in [-0.15, -0.1) is 0 Å². The van der Waals surface area contributed by atoms with E-state index >= 15 is 0 Å². The van der Waals surface area contributed by atoms with Crippen molar-refractivity contribution < 1.29 is 34.0 Å². The number of aromatic nitrogens is 4. The van der Waals surface area contributed by atoms with Crippen LogP contribution in [-0.4, -0.2) is 79.7 Å². The first-order chi connectivity index (χ1) is 17.7. The highest BCUT2D eigenvalue weighted by atomic mass is 35.5. The lowest BCUT2D eigenvalue weighted by atomic mass is 10.1. The molecule has 1 amide bonds. The van der Waals surface area contributed by atoms with Crippen molar-refractivity contribution in [3.8, 4) is 0 Å². The maximum atomic E-state index is 12.4. The quantitative estimate of drug-likeness (QED) is 0.299. The summed E-state index contributed by atoms with van der Waals surface area (Å²) in [5, 5.41) is 24.2. The van der Waals surface area contributed by atoms with Crippen molar-refractivity contribution in [1.82, 2.24) is 24.8 Å². The number of anilines is 1. The molecule has 0 saturated carbocycles. The molecule has 37 heavy (non-hydrogen) atoms. The summed E-state index contributed by atoms with van der Waals surface area (Å²) < 4.78 is 17.8. The van der Waals surface area contributed by atoms with Crippen LogP contribution in [0.25, 0.3) is 16.7 Å². The Bertz CT molecular complexity index is 1410. The van der Waals surface area contributed by atoms with Crippen LogP contribution >= 0.6 is 23.2 Å². The Balaban J connectivity index is 1.21. The molecule has 0 radical (unpaired) electrons. The number of nitrogens with zero attached hydrogens (tertiary/aromatic N) is 4. The summed E-state index contributed by atoms with van der Waals surface area (Å²) in [5.74, 6) is -0.895. The van der Waals surface area contributed by atoms with Gasteiger partial charge in [-0.2, -0.15) is 0 Å². The van der Waals surface area contributed by atoms with Crippen LogP contribution in [-0.2, 0) is 23.8 Å². The molecule has 2 aliphatic heterocycles. The Hall–Kier alpha value is -3.49. The van der Waals surface area contributed by atoms with Crippen LogP contribution in [0.4, 0.5) is 5.82 Å². The number of esters is 1. The number of halogens is 2. The largest absolute Gasteiger partial charge is 0.484 e. The van der Waals surface area contributed by atoms with Crippen molar-refractivity contribution >= 4 is 57.6 Å². The van der Waals surface area contributed by atoms with Crippen molar-refractivity contribution in [3.63, 3.8) is 0 Å². The predicted molar refractivity (Wildman–Crippen MR) is 129 cm³/mol. The minimum atomic E-state index is -1.33. The number of imidazole rings is 1. The first-order valence-electron chi connectivity index (χ1n) is 10.9. The smallest absolute Gasteiger partial charge is 0.342 e. The highest BCUT2D eigenvalue weighted by molar-refractivity contribution is 6.37. The van der Waals surface area contributed by atoms with Gasteiger partial charge < -0.3 is 35.5 Å². The molecule has 0 aliphatic carbocycles. The van der Waals surface area contributed by atoms with Crippen molar-refractivity contribution in [2.75, 3.05) is 25.5 Å². The zero-order valence-electron chi connectivity index (χ0n) is 18.9. The number of benzene rings is 1. The molecule has 0 bridgehead atoms. The molecular weight excluding hydrogens is 531 g/mol. The molecule has 194 valence electrons. The van der Waals surface area contributed by atoms with Gasteiger partial charge in [0.1, 0.15) is 48.1 Å². The molecule has 4 atom stereocenters. The zero-order chi connectivity index (χ0) is 26.3. The number of fused-ring (bicyclic) bond motifs is 1. The first-order valence-corrected chi connectivity index (χ1v) is 11.7. The van der Waals surface area contributed by atoms with Crippen molar-refractivity contribution in [3.05, 3.63) is 52.2 Å². The topological polar surface area (TPSA) is 184 Å². The van der Waals surface area contributed by atoms with Gasteiger partial charge in [0.05, 0.1) is 11.3 Å². The number of rotatable bonds is 7. The Morgan fingerprint density at radius 2 is 2.05 bits per heavy atom. The molecule has 13 nitrogen and oxygen atoms in total. The second kappa shape index (κ2) is 10.1. The van der Waals surface area contributed by atoms with Gasteiger partial charge in [-0.25, -0.2) is 19.7 Å². The lowest BCUT2D eigenvalue weighted by Gasteiger charge is -2.16. The van der Waals surface area contributed by atoms with E-state index in [-0.39, 0.29) is 35.3 Å². The highest BCUT2D eigenvalue weighted by Gasteiger charge is 2.44. The van der Waals surface area contributed by atoms with Crippen molar-refractivity contribution in [2.24, 2.45) is 0 Å². The van der Waals surface area contributed by atoms with Crippen LogP contribution in [0.2, 0.25) is 10.0 Å². The number of carbonyl (C=O) groups excluding carboxylic acids is 2. The van der Waals surface area contributed by atoms with E-state index in [9.17, 15) is 19.8 Å². The zero-order valence-corrected chi connectivity index (χ0v) is 20.4. The van der Waals surface area contributed by atoms with E-state index in [2.05, 4.69) is 20.3 Å². The van der Waals surface area contributed by atoms with Gasteiger partial charge >= 0.3 is 5.97 Å². The summed E-state index contributed by atoms with van der Waals surface area (Å²) in [6.45, 7) is -0.742. The third-order valence-electron chi connectivity index (χ3n) is 5.89. The first kappa shape index (κ1) is 25.2. The summed E-state index contributed by atoms with van der Waals surface area (Å²) in [7, 11) is 0. The molecule has 0 spiro atoms. The summed E-state index contributed by atoms with van der Waals surface area (Å²) in [6.07, 6.45) is -1.99. The van der Waals surface area contributed by atoms with E-state index in [1.165, 1.54) is 23.3 Å².